The monoisotopic (exact) mass is 416 g/mol. The van der Waals surface area contributed by atoms with Crippen LogP contribution in [0.25, 0.3) is 22.0 Å². The molecule has 3 heterocycles. The number of likely N-dealkylation sites (tertiary alicyclic amines) is 1. The summed E-state index contributed by atoms with van der Waals surface area (Å²) < 4.78 is 5.12. The molecule has 4 aromatic rings. The van der Waals surface area contributed by atoms with Crippen molar-refractivity contribution in [2.75, 3.05) is 13.7 Å². The molecule has 0 bridgehead atoms. The van der Waals surface area contributed by atoms with Gasteiger partial charge >= 0.3 is 0 Å². The zero-order chi connectivity index (χ0) is 21.2. The fourth-order valence-corrected chi connectivity index (χ4v) is 4.19. The van der Waals surface area contributed by atoms with Gasteiger partial charge in [0, 0.05) is 19.2 Å². The number of carbonyl (C=O) groups excluding carboxylic acids is 1. The number of hydrogen-bond donors (Lipinski definition) is 2. The van der Waals surface area contributed by atoms with Crippen LogP contribution in [0.5, 0.6) is 0 Å². The summed E-state index contributed by atoms with van der Waals surface area (Å²) in [5.74, 6) is 1.22. The largest absolute Gasteiger partial charge is 0.377 e. The molecule has 2 aromatic carbocycles. The van der Waals surface area contributed by atoms with Gasteiger partial charge in [-0.1, -0.05) is 36.4 Å². The number of ether oxygens (including phenoxy) is 1. The van der Waals surface area contributed by atoms with Crippen LogP contribution in [0.15, 0.2) is 48.5 Å². The van der Waals surface area contributed by atoms with Gasteiger partial charge in [-0.2, -0.15) is 10.2 Å². The number of piperidine rings is 1. The van der Waals surface area contributed by atoms with E-state index in [0.717, 1.165) is 35.9 Å². The van der Waals surface area contributed by atoms with E-state index in [2.05, 4.69) is 49.6 Å². The number of benzene rings is 2. The van der Waals surface area contributed by atoms with Crippen molar-refractivity contribution >= 4 is 16.7 Å². The molecule has 31 heavy (non-hydrogen) atoms. The minimum absolute atomic E-state index is 0.0812. The molecule has 158 valence electrons. The molecule has 1 aliphatic rings. The maximum absolute atomic E-state index is 13.3. The molecule has 1 unspecified atom stereocenters. The highest BCUT2D eigenvalue weighted by Crippen LogP contribution is 2.31. The van der Waals surface area contributed by atoms with E-state index in [4.69, 9.17) is 4.74 Å². The van der Waals surface area contributed by atoms with Crippen molar-refractivity contribution in [3.8, 4) is 11.3 Å². The number of fused-ring (bicyclic) bond motifs is 1. The summed E-state index contributed by atoms with van der Waals surface area (Å²) >= 11 is 0. The molecule has 5 rings (SSSR count). The van der Waals surface area contributed by atoms with Gasteiger partial charge in [0.25, 0.3) is 5.91 Å². The summed E-state index contributed by atoms with van der Waals surface area (Å²) in [4.78, 5) is 19.7. The van der Waals surface area contributed by atoms with E-state index in [1.54, 1.807) is 7.11 Å². The number of rotatable bonds is 5. The number of carbonyl (C=O) groups is 1. The summed E-state index contributed by atoms with van der Waals surface area (Å²) in [5, 5.41) is 16.9. The fraction of sp³-hybridized carbons (Fsp3) is 0.304. The Balaban J connectivity index is 1.40. The van der Waals surface area contributed by atoms with Gasteiger partial charge in [-0.05, 0) is 42.2 Å². The van der Waals surface area contributed by atoms with E-state index < -0.39 is 0 Å². The van der Waals surface area contributed by atoms with Crippen LogP contribution in [0, 0.1) is 0 Å². The summed E-state index contributed by atoms with van der Waals surface area (Å²) in [6, 6.07) is 16.1. The van der Waals surface area contributed by atoms with E-state index in [1.807, 2.05) is 29.2 Å². The molecule has 0 radical (unpaired) electrons. The predicted molar refractivity (Wildman–Crippen MR) is 116 cm³/mol. The van der Waals surface area contributed by atoms with Gasteiger partial charge in [0.05, 0.1) is 11.7 Å². The van der Waals surface area contributed by atoms with Crippen LogP contribution in [0.3, 0.4) is 0 Å². The molecule has 1 amide bonds. The normalized spacial score (nSPS) is 16.7. The van der Waals surface area contributed by atoms with Crippen molar-refractivity contribution in [1.82, 2.24) is 30.3 Å². The van der Waals surface area contributed by atoms with Crippen LogP contribution in [-0.4, -0.2) is 49.8 Å². The Labute approximate surface area is 179 Å². The third-order valence-corrected chi connectivity index (χ3v) is 5.75. The van der Waals surface area contributed by atoms with Crippen molar-refractivity contribution in [1.29, 1.82) is 0 Å². The molecule has 2 aromatic heterocycles. The first kappa shape index (κ1) is 19.4. The van der Waals surface area contributed by atoms with E-state index >= 15 is 0 Å². The maximum Gasteiger partial charge on any atom is 0.272 e. The molecule has 8 heteroatoms. The van der Waals surface area contributed by atoms with Crippen LogP contribution in [0.4, 0.5) is 0 Å². The molecule has 0 aliphatic carbocycles. The van der Waals surface area contributed by atoms with Crippen molar-refractivity contribution in [3.05, 3.63) is 65.9 Å². The van der Waals surface area contributed by atoms with Gasteiger partial charge in [0.1, 0.15) is 12.3 Å². The molecular formula is C23H24N6O2. The molecule has 1 saturated heterocycles. The fourth-order valence-electron chi connectivity index (χ4n) is 4.19. The highest BCUT2D eigenvalue weighted by Gasteiger charge is 2.32. The van der Waals surface area contributed by atoms with Gasteiger partial charge in [-0.15, -0.1) is 0 Å². The van der Waals surface area contributed by atoms with Gasteiger partial charge < -0.3 is 9.64 Å². The van der Waals surface area contributed by atoms with Gasteiger partial charge in [0.2, 0.25) is 0 Å². The third-order valence-electron chi connectivity index (χ3n) is 5.75. The number of hydrogen-bond acceptors (Lipinski definition) is 5. The van der Waals surface area contributed by atoms with Gasteiger partial charge in [0.15, 0.2) is 11.6 Å². The van der Waals surface area contributed by atoms with E-state index in [1.165, 1.54) is 5.39 Å². The lowest BCUT2D eigenvalue weighted by Crippen LogP contribution is -2.39. The zero-order valence-corrected chi connectivity index (χ0v) is 17.3. The molecular weight excluding hydrogens is 392 g/mol. The lowest BCUT2D eigenvalue weighted by molar-refractivity contribution is 0.0594. The van der Waals surface area contributed by atoms with E-state index in [9.17, 15) is 4.79 Å². The van der Waals surface area contributed by atoms with Crippen molar-refractivity contribution in [3.63, 3.8) is 0 Å². The SMILES string of the molecule is COCc1nc(C2CCCCN2C(=O)c2cc(-c3ccc4ccccc4c3)n[nH]2)n[nH]1. The summed E-state index contributed by atoms with van der Waals surface area (Å²) in [6.07, 6.45) is 2.83. The second-order valence-corrected chi connectivity index (χ2v) is 7.81. The van der Waals surface area contributed by atoms with Crippen molar-refractivity contribution < 1.29 is 9.53 Å². The minimum Gasteiger partial charge on any atom is -0.377 e. The van der Waals surface area contributed by atoms with E-state index in [0.29, 0.717) is 30.5 Å². The number of methoxy groups -OCH3 is 1. The molecule has 0 saturated carbocycles. The second-order valence-electron chi connectivity index (χ2n) is 7.81. The standard InChI is InChI=1S/C23H24N6O2/c1-31-14-21-24-22(28-27-21)20-8-4-5-11-29(20)23(30)19-13-18(25-26-19)17-10-9-15-6-2-3-7-16(15)12-17/h2-3,6-7,9-10,12-13,20H,4-5,8,11,14H2,1H3,(H,25,26)(H,24,27,28). The molecule has 2 N–H and O–H groups in total. The lowest BCUT2D eigenvalue weighted by atomic mass is 10.0. The topological polar surface area (TPSA) is 99.8 Å². The average molecular weight is 416 g/mol. The van der Waals surface area contributed by atoms with Crippen molar-refractivity contribution in [2.45, 2.75) is 31.9 Å². The average Bonchev–Trinajstić information content (AvgIpc) is 3.49. The summed E-state index contributed by atoms with van der Waals surface area (Å²) in [6.45, 7) is 1.03. The number of H-pyrrole nitrogens is 2. The Morgan fingerprint density at radius 2 is 1.97 bits per heavy atom. The summed E-state index contributed by atoms with van der Waals surface area (Å²) in [7, 11) is 1.62. The van der Waals surface area contributed by atoms with Crippen LogP contribution < -0.4 is 0 Å². The molecule has 1 aliphatic heterocycles. The molecule has 8 nitrogen and oxygen atoms in total. The Kier molecular flexibility index (Phi) is 5.21. The zero-order valence-electron chi connectivity index (χ0n) is 17.3. The van der Waals surface area contributed by atoms with E-state index in [-0.39, 0.29) is 11.9 Å². The molecule has 1 fully saturated rings. The van der Waals surface area contributed by atoms with Crippen LogP contribution in [0.1, 0.15) is 47.4 Å². The quantitative estimate of drug-likeness (QED) is 0.515. The molecule has 1 atom stereocenters. The minimum atomic E-state index is -0.157. The number of nitrogens with one attached hydrogen (secondary N) is 2. The number of amides is 1. The van der Waals surface area contributed by atoms with Gasteiger partial charge in [-0.25, -0.2) is 4.98 Å². The number of aromatic amines is 2. The second kappa shape index (κ2) is 8.31. The maximum atomic E-state index is 13.3. The third kappa shape index (κ3) is 3.82. The van der Waals surface area contributed by atoms with Crippen LogP contribution in [-0.2, 0) is 11.3 Å². The van der Waals surface area contributed by atoms with Crippen molar-refractivity contribution in [2.24, 2.45) is 0 Å². The van der Waals surface area contributed by atoms with Gasteiger partial charge in [-0.3, -0.25) is 15.0 Å². The Hall–Kier alpha value is -3.52. The number of aromatic nitrogens is 5. The lowest BCUT2D eigenvalue weighted by Gasteiger charge is -2.33. The van der Waals surface area contributed by atoms with Crippen LogP contribution in [0.2, 0.25) is 0 Å². The molecule has 0 spiro atoms. The Morgan fingerprint density at radius 3 is 2.84 bits per heavy atom. The predicted octanol–water partition coefficient (Wildman–Crippen LogP) is 3.86. The Bertz CT molecular complexity index is 1210. The summed E-state index contributed by atoms with van der Waals surface area (Å²) in [5.41, 5.74) is 2.20. The first-order valence-corrected chi connectivity index (χ1v) is 10.5. The smallest absolute Gasteiger partial charge is 0.272 e. The highest BCUT2D eigenvalue weighted by atomic mass is 16.5. The first-order valence-electron chi connectivity index (χ1n) is 10.5. The number of nitrogens with zero attached hydrogens (tertiary/aromatic N) is 4. The van der Waals surface area contributed by atoms with Crippen LogP contribution >= 0.6 is 0 Å². The first-order chi connectivity index (χ1) is 15.2. The highest BCUT2D eigenvalue weighted by molar-refractivity contribution is 5.94. The Morgan fingerprint density at radius 1 is 1.10 bits per heavy atom.